The van der Waals surface area contributed by atoms with Crippen molar-refractivity contribution in [2.75, 3.05) is 19.6 Å². The Balaban J connectivity index is 0.000000168. The second kappa shape index (κ2) is 37.8. The van der Waals surface area contributed by atoms with E-state index in [9.17, 15) is 62.9 Å². The lowest BCUT2D eigenvalue weighted by Crippen LogP contribution is -2.56. The molecule has 5 aromatic carbocycles. The van der Waals surface area contributed by atoms with Crippen molar-refractivity contribution < 1.29 is 62.9 Å². The quantitative estimate of drug-likeness (QED) is 0.0415. The van der Waals surface area contributed by atoms with Crippen LogP contribution in [0.1, 0.15) is 205 Å². The number of carbonyl (C=O) groups excluding carboxylic acids is 9. The van der Waals surface area contributed by atoms with Gasteiger partial charge in [-0.25, -0.2) is 14.4 Å². The molecule has 13 rings (SSSR count). The average molecular weight is 1640 g/mol. The van der Waals surface area contributed by atoms with Crippen LogP contribution in [0.5, 0.6) is 0 Å². The molecule has 3 saturated heterocycles. The molecule has 7 aromatic rings. The summed E-state index contributed by atoms with van der Waals surface area (Å²) in [6.45, 7) is 20.1. The molecule has 5 aliphatic heterocycles. The SMILES string of the molecule is CC(C)[C@@H](C(=O)N1C[C@H](O)C[C@H]1C(=O)C[C@@H](C)c1ccc(Br)cc1)N1Cc2ccccc2C1=O.Cc1ncsc1-c1ccc(CCC(=O)[C@@H]2C[C@@H](O)CN2C(=O)[C@@H](NC(=O)CCC2CCCCC2)C(C)(C)C)cc1.Cc1ncsc1-c1ccc(CCC(=O)[C@@H]2C[C@@H](O)CN2C(=O)[C@H](C(C)C)N2Cc3cc(F)ccc3C2=O)cc1. The number of hydrogen-bond donors (Lipinski definition) is 4. The third-order valence-electron chi connectivity index (χ3n) is 23.1. The van der Waals surface area contributed by atoms with E-state index in [2.05, 4.69) is 43.3 Å². The van der Waals surface area contributed by atoms with Crippen LogP contribution in [0.15, 0.2) is 131 Å². The number of aryl methyl sites for hydroxylation is 4. The molecule has 113 heavy (non-hydrogen) atoms. The molecule has 10 atom stereocenters. The number of ketones is 3. The summed E-state index contributed by atoms with van der Waals surface area (Å²) in [6, 6.07) is 31.2. The predicted octanol–water partition coefficient (Wildman–Crippen LogP) is 14.0. The number of aliphatic hydroxyl groups excluding tert-OH is 3. The van der Waals surface area contributed by atoms with Crippen LogP contribution in [0, 0.1) is 42.8 Å². The summed E-state index contributed by atoms with van der Waals surface area (Å²) in [5.74, 6) is -1.94. The maximum absolute atomic E-state index is 13.8. The number of aliphatic hydroxyl groups is 3. The third-order valence-corrected chi connectivity index (χ3v) is 25.6. The zero-order valence-electron chi connectivity index (χ0n) is 66.5. The molecule has 602 valence electrons. The number of halogens is 2. The molecule has 4 fully saturated rings. The van der Waals surface area contributed by atoms with Crippen LogP contribution in [0.4, 0.5) is 4.39 Å². The van der Waals surface area contributed by atoms with Crippen molar-refractivity contribution in [3.8, 4) is 20.9 Å². The number of benzene rings is 5. The van der Waals surface area contributed by atoms with Gasteiger partial charge in [-0.2, -0.15) is 0 Å². The number of carbonyl (C=O) groups is 9. The number of hydrogen-bond acceptors (Lipinski definition) is 16. The van der Waals surface area contributed by atoms with Crippen LogP contribution in [0.2, 0.25) is 0 Å². The molecule has 0 spiro atoms. The number of fused-ring (bicyclic) bond motifs is 2. The highest BCUT2D eigenvalue weighted by Gasteiger charge is 2.49. The second-order valence-electron chi connectivity index (χ2n) is 33.3. The molecule has 1 saturated carbocycles. The lowest BCUT2D eigenvalue weighted by Gasteiger charge is -2.35. The van der Waals surface area contributed by atoms with Crippen LogP contribution in [0.3, 0.4) is 0 Å². The smallest absolute Gasteiger partial charge is 0.255 e. The number of aromatic nitrogens is 2. The van der Waals surface area contributed by atoms with Gasteiger partial charge in [-0.3, -0.25) is 43.2 Å². The molecule has 20 nitrogen and oxygen atoms in total. The van der Waals surface area contributed by atoms with Gasteiger partial charge in [0.15, 0.2) is 17.3 Å². The lowest BCUT2D eigenvalue weighted by atomic mass is 9.84. The Kier molecular flexibility index (Phi) is 28.6. The van der Waals surface area contributed by atoms with E-state index in [1.54, 1.807) is 33.6 Å². The zero-order chi connectivity index (χ0) is 81.3. The Hall–Kier alpha value is -8.52. The van der Waals surface area contributed by atoms with Crippen LogP contribution >= 0.6 is 38.6 Å². The molecule has 6 amide bonds. The topological polar surface area (TPSA) is 268 Å². The van der Waals surface area contributed by atoms with Gasteiger partial charge in [0.25, 0.3) is 11.8 Å². The average Bonchev–Trinajstić information content (AvgIpc) is 1.63. The highest BCUT2D eigenvalue weighted by molar-refractivity contribution is 9.10. The maximum atomic E-state index is 13.8. The molecule has 2 aromatic heterocycles. The summed E-state index contributed by atoms with van der Waals surface area (Å²) in [5.41, 5.74) is 12.9. The molecule has 0 unspecified atom stereocenters. The van der Waals surface area contributed by atoms with E-state index in [0.29, 0.717) is 48.4 Å². The zero-order valence-corrected chi connectivity index (χ0v) is 69.7. The van der Waals surface area contributed by atoms with Gasteiger partial charge in [0.1, 0.15) is 23.9 Å². The Morgan fingerprint density at radius 1 is 0.566 bits per heavy atom. The van der Waals surface area contributed by atoms with Crippen molar-refractivity contribution in [2.24, 2.45) is 23.2 Å². The van der Waals surface area contributed by atoms with Gasteiger partial charge in [-0.1, -0.05) is 182 Å². The van der Waals surface area contributed by atoms with E-state index in [1.165, 1.54) is 69.9 Å². The van der Waals surface area contributed by atoms with Crippen molar-refractivity contribution in [3.63, 3.8) is 0 Å². The number of likely N-dealkylation sites (tertiary alicyclic amines) is 3. The van der Waals surface area contributed by atoms with E-state index < -0.39 is 65.8 Å². The van der Waals surface area contributed by atoms with Crippen molar-refractivity contribution in [2.45, 2.75) is 239 Å². The normalized spacial score (nSPS) is 20.7. The van der Waals surface area contributed by atoms with Crippen LogP contribution in [-0.4, -0.2) is 177 Å². The third kappa shape index (κ3) is 20.8. The number of Topliss-reactive ketones (excluding diaryl/α,β-unsaturated/α-hetero) is 3. The van der Waals surface area contributed by atoms with Gasteiger partial charge in [0, 0.05) is 93.3 Å². The summed E-state index contributed by atoms with van der Waals surface area (Å²) in [7, 11) is 0. The highest BCUT2D eigenvalue weighted by atomic mass is 79.9. The monoisotopic (exact) mass is 1640 g/mol. The van der Waals surface area contributed by atoms with Crippen molar-refractivity contribution >= 4 is 91.4 Å². The number of β-amino-alcohol motifs (C(OH)–C–C–N with tert-alkyl or cyclic N) is 3. The van der Waals surface area contributed by atoms with Crippen LogP contribution in [-0.2, 0) is 59.5 Å². The minimum atomic E-state index is -0.823. The Labute approximate surface area is 679 Å². The number of thiazole rings is 2. The Morgan fingerprint density at radius 3 is 1.47 bits per heavy atom. The van der Waals surface area contributed by atoms with E-state index >= 15 is 0 Å². The molecule has 0 radical (unpaired) electrons. The first-order valence-corrected chi connectivity index (χ1v) is 42.4. The van der Waals surface area contributed by atoms with Gasteiger partial charge < -0.3 is 45.1 Å². The molecular weight excluding hydrogens is 1540 g/mol. The van der Waals surface area contributed by atoms with Gasteiger partial charge in [0.05, 0.1) is 68.6 Å². The molecule has 7 heterocycles. The van der Waals surface area contributed by atoms with E-state index in [-0.39, 0.29) is 135 Å². The van der Waals surface area contributed by atoms with Crippen molar-refractivity contribution in [3.05, 3.63) is 187 Å². The fourth-order valence-corrected chi connectivity index (χ4v) is 18.8. The predicted molar refractivity (Wildman–Crippen MR) is 439 cm³/mol. The largest absolute Gasteiger partial charge is 0.391 e. The summed E-state index contributed by atoms with van der Waals surface area (Å²) < 4.78 is 14.8. The van der Waals surface area contributed by atoms with Crippen molar-refractivity contribution in [1.82, 2.24) is 39.8 Å². The molecule has 6 aliphatic rings. The van der Waals surface area contributed by atoms with Gasteiger partial charge in [0.2, 0.25) is 23.6 Å². The summed E-state index contributed by atoms with van der Waals surface area (Å²) >= 11 is 6.63. The Morgan fingerprint density at radius 2 is 1.02 bits per heavy atom. The second-order valence-corrected chi connectivity index (χ2v) is 35.9. The molecule has 0 bridgehead atoms. The minimum Gasteiger partial charge on any atom is -0.391 e. The van der Waals surface area contributed by atoms with Crippen molar-refractivity contribution in [1.29, 1.82) is 0 Å². The first-order valence-electron chi connectivity index (χ1n) is 39.9. The highest BCUT2D eigenvalue weighted by Crippen LogP contribution is 2.37. The number of nitrogens with zero attached hydrogens (tertiary/aromatic N) is 7. The summed E-state index contributed by atoms with van der Waals surface area (Å²) in [6.07, 6.45) is 7.62. The van der Waals surface area contributed by atoms with Gasteiger partial charge in [-0.05, 0) is 138 Å². The first kappa shape index (κ1) is 85.4. The molecule has 1 aliphatic carbocycles. The van der Waals surface area contributed by atoms with Crippen LogP contribution < -0.4 is 5.32 Å². The first-order chi connectivity index (χ1) is 53.8. The molecular formula is C89H108BrFN8O12S2. The lowest BCUT2D eigenvalue weighted by molar-refractivity contribution is -0.143. The fourth-order valence-electron chi connectivity index (χ4n) is 16.9. The number of amides is 6. The molecule has 24 heteroatoms. The number of nitrogens with one attached hydrogen (secondary N) is 1. The van der Waals surface area contributed by atoms with Gasteiger partial charge in [-0.15, -0.1) is 22.7 Å². The van der Waals surface area contributed by atoms with E-state index in [1.807, 2.05) is 159 Å². The summed E-state index contributed by atoms with van der Waals surface area (Å²) in [4.78, 5) is 139. The van der Waals surface area contributed by atoms with E-state index in [0.717, 1.165) is 65.4 Å². The standard InChI is InChI=1S/C32H45N3O4S.C30H32FN3O4S.C27H31BrN2O4/c1-21-29(40-20-33-21)24-14-10-23(11-15-24)12-16-27(37)26-18-25(36)19-35(26)31(39)30(32(2,3)4)34-28(38)17-13-22-8-6-5-7-9-22;1-17(2)27(34-14-21-12-22(31)9-10-24(21)29(34)37)30(38)33-15-23(35)13-25(33)26(36)11-6-19-4-7-20(8-5-19)28-18(3)32-16-39-28;1-16(2)25(30-14-19-6-4-5-7-22(19)26(30)33)27(34)29-15-21(31)13-23(29)24(32)12-17(3)18-8-10-20(28)11-9-18/h10-11,14-15,20,22,25-26,30,36H,5-9,12-13,16-19H2,1-4H3,(H,34,38);4-5,7-10,12,16-17,23,25,27,35H,6,11,13-15H2,1-3H3;4-11,16-17,21,23,25,31H,12-15H2,1-3H3/t25-,26+,30-;23-,25+,27+;17-,21-,23+,25+/m111/s1. The summed E-state index contributed by atoms with van der Waals surface area (Å²) in [5, 5.41) is 34.3. The Bertz CT molecular complexity index is 4560. The minimum absolute atomic E-state index is 0.00847. The number of rotatable bonds is 25. The molecule has 4 N–H and O–H groups in total. The fraction of sp³-hybridized carbons (Fsp3) is 0.494. The van der Waals surface area contributed by atoms with Gasteiger partial charge >= 0.3 is 0 Å². The maximum Gasteiger partial charge on any atom is 0.255 e. The van der Waals surface area contributed by atoms with E-state index in [4.69, 9.17) is 0 Å². The van der Waals surface area contributed by atoms with Crippen LogP contribution in [0.25, 0.3) is 20.9 Å².